The fourth-order valence-corrected chi connectivity index (χ4v) is 3.28. The molecule has 34 heavy (non-hydrogen) atoms. The summed E-state index contributed by atoms with van der Waals surface area (Å²) in [5.41, 5.74) is 2.43. The van der Waals surface area contributed by atoms with Crippen LogP contribution < -0.4 is 24.3 Å². The smallest absolute Gasteiger partial charge is 0.203 e. The average molecular weight is 464 g/mol. The number of ether oxygens (including phenoxy) is 4. The van der Waals surface area contributed by atoms with Gasteiger partial charge in [0.1, 0.15) is 0 Å². The summed E-state index contributed by atoms with van der Waals surface area (Å²) in [5.74, 6) is 0.897. The van der Waals surface area contributed by atoms with E-state index in [2.05, 4.69) is 5.32 Å². The molecule has 0 radical (unpaired) electrons. The lowest BCUT2D eigenvalue weighted by Crippen LogP contribution is -1.98. The van der Waals surface area contributed by atoms with E-state index in [9.17, 15) is 9.18 Å². The summed E-state index contributed by atoms with van der Waals surface area (Å²) in [7, 11) is 6.00. The van der Waals surface area contributed by atoms with Crippen LogP contribution in [0.25, 0.3) is 12.2 Å². The minimum atomic E-state index is -0.512. The lowest BCUT2D eigenvalue weighted by molar-refractivity contribution is 0.104. The van der Waals surface area contributed by atoms with Gasteiger partial charge in [0.2, 0.25) is 5.75 Å². The molecule has 0 saturated carbocycles. The fourth-order valence-electron chi connectivity index (χ4n) is 3.28. The summed E-state index contributed by atoms with van der Waals surface area (Å²) in [4.78, 5) is 12.3. The molecule has 3 aromatic carbocycles. The summed E-state index contributed by atoms with van der Waals surface area (Å²) in [6.07, 6.45) is 6.45. The van der Waals surface area contributed by atoms with Crippen molar-refractivity contribution in [3.63, 3.8) is 0 Å². The Morgan fingerprint density at radius 3 is 2.06 bits per heavy atom. The van der Waals surface area contributed by atoms with E-state index in [1.165, 1.54) is 52.8 Å². The first kappa shape index (κ1) is 24.4. The van der Waals surface area contributed by atoms with Gasteiger partial charge in [0.05, 0.1) is 28.4 Å². The maximum Gasteiger partial charge on any atom is 0.203 e. The summed E-state index contributed by atoms with van der Waals surface area (Å²) < 4.78 is 35.7. The van der Waals surface area contributed by atoms with Crippen molar-refractivity contribution < 1.29 is 28.1 Å². The third kappa shape index (κ3) is 5.75. The van der Waals surface area contributed by atoms with Crippen molar-refractivity contribution in [2.24, 2.45) is 0 Å². The zero-order valence-electron chi connectivity index (χ0n) is 19.4. The Hall–Kier alpha value is -4.26. The van der Waals surface area contributed by atoms with Crippen LogP contribution >= 0.6 is 0 Å². The number of halogens is 1. The predicted octanol–water partition coefficient (Wildman–Crippen LogP) is 5.84. The van der Waals surface area contributed by atoms with Gasteiger partial charge in [-0.3, -0.25) is 4.79 Å². The predicted molar refractivity (Wildman–Crippen MR) is 132 cm³/mol. The topological polar surface area (TPSA) is 66.0 Å². The molecule has 0 aliphatic heterocycles. The molecule has 3 rings (SSSR count). The van der Waals surface area contributed by atoms with Gasteiger partial charge in [-0.15, -0.1) is 0 Å². The molecule has 6 nitrogen and oxygen atoms in total. The standard InChI is InChI=1S/C27H26FNO5/c1-31-24-17-22(29-13-12-23(30)19-8-6-5-7-9-19)20(16-21(24)28)11-10-18-14-25(32-2)27(34-4)26(15-18)33-3/h5-17,29H,1-4H3. The summed E-state index contributed by atoms with van der Waals surface area (Å²) in [6.45, 7) is 0. The first-order chi connectivity index (χ1) is 16.5. The normalized spacial score (nSPS) is 11.0. The highest BCUT2D eigenvalue weighted by Gasteiger charge is 2.13. The molecule has 0 aliphatic rings. The van der Waals surface area contributed by atoms with Crippen molar-refractivity contribution in [2.45, 2.75) is 0 Å². The van der Waals surface area contributed by atoms with Gasteiger partial charge < -0.3 is 24.3 Å². The van der Waals surface area contributed by atoms with E-state index in [1.54, 1.807) is 48.6 Å². The minimum Gasteiger partial charge on any atom is -0.494 e. The van der Waals surface area contributed by atoms with Crippen molar-refractivity contribution in [3.8, 4) is 23.0 Å². The van der Waals surface area contributed by atoms with Crippen LogP contribution in [0, 0.1) is 5.82 Å². The molecule has 0 aromatic heterocycles. The Labute approximate surface area is 198 Å². The number of hydrogen-bond acceptors (Lipinski definition) is 6. The van der Waals surface area contributed by atoms with E-state index in [0.717, 1.165) is 5.56 Å². The van der Waals surface area contributed by atoms with Crippen LogP contribution in [0.5, 0.6) is 23.0 Å². The number of carbonyl (C=O) groups excluding carboxylic acids is 1. The molecule has 0 bridgehead atoms. The van der Waals surface area contributed by atoms with E-state index < -0.39 is 5.82 Å². The van der Waals surface area contributed by atoms with Gasteiger partial charge in [0.25, 0.3) is 0 Å². The molecule has 0 heterocycles. The number of allylic oxidation sites excluding steroid dienone is 1. The van der Waals surface area contributed by atoms with Gasteiger partial charge in [0, 0.05) is 35.2 Å². The molecule has 176 valence electrons. The Bertz CT molecular complexity index is 1180. The number of carbonyl (C=O) groups is 1. The maximum absolute atomic E-state index is 14.4. The maximum atomic E-state index is 14.4. The molecule has 0 spiro atoms. The molecule has 0 atom stereocenters. The largest absolute Gasteiger partial charge is 0.494 e. The van der Waals surface area contributed by atoms with E-state index in [0.29, 0.717) is 34.1 Å². The number of nitrogens with one attached hydrogen (secondary N) is 1. The zero-order chi connectivity index (χ0) is 24.5. The average Bonchev–Trinajstić information content (AvgIpc) is 2.87. The molecule has 0 aliphatic carbocycles. The summed E-state index contributed by atoms with van der Waals surface area (Å²) in [6, 6.07) is 15.3. The molecule has 7 heteroatoms. The Morgan fingerprint density at radius 1 is 0.824 bits per heavy atom. The number of anilines is 1. The van der Waals surface area contributed by atoms with Crippen LogP contribution in [0.15, 0.2) is 66.9 Å². The highest BCUT2D eigenvalue weighted by atomic mass is 19.1. The third-order valence-corrected chi connectivity index (χ3v) is 5.00. The molecular formula is C27H26FNO5. The van der Waals surface area contributed by atoms with Crippen molar-refractivity contribution in [2.75, 3.05) is 33.8 Å². The van der Waals surface area contributed by atoms with Crippen molar-refractivity contribution >= 4 is 23.6 Å². The van der Waals surface area contributed by atoms with E-state index >= 15 is 0 Å². The zero-order valence-corrected chi connectivity index (χ0v) is 19.4. The fraction of sp³-hybridized carbons (Fsp3) is 0.148. The highest BCUT2D eigenvalue weighted by Crippen LogP contribution is 2.39. The number of methoxy groups -OCH3 is 4. The summed E-state index contributed by atoms with van der Waals surface area (Å²) >= 11 is 0. The van der Waals surface area contributed by atoms with Gasteiger partial charge >= 0.3 is 0 Å². The van der Waals surface area contributed by atoms with E-state index in [-0.39, 0.29) is 11.5 Å². The molecule has 3 aromatic rings. The number of ketones is 1. The van der Waals surface area contributed by atoms with Crippen LogP contribution in [0.3, 0.4) is 0 Å². The Morgan fingerprint density at radius 2 is 1.47 bits per heavy atom. The lowest BCUT2D eigenvalue weighted by Gasteiger charge is -2.13. The number of hydrogen-bond donors (Lipinski definition) is 1. The number of benzene rings is 3. The van der Waals surface area contributed by atoms with Gasteiger partial charge in [-0.25, -0.2) is 4.39 Å². The van der Waals surface area contributed by atoms with Gasteiger partial charge in [0.15, 0.2) is 28.8 Å². The molecule has 0 saturated heterocycles. The van der Waals surface area contributed by atoms with Gasteiger partial charge in [-0.05, 0) is 23.8 Å². The van der Waals surface area contributed by atoms with E-state index in [4.69, 9.17) is 18.9 Å². The lowest BCUT2D eigenvalue weighted by atomic mass is 10.1. The minimum absolute atomic E-state index is 0.0789. The van der Waals surface area contributed by atoms with Crippen LogP contribution in [0.4, 0.5) is 10.1 Å². The van der Waals surface area contributed by atoms with Crippen LogP contribution in [0.2, 0.25) is 0 Å². The quantitative estimate of drug-likeness (QED) is 0.232. The van der Waals surface area contributed by atoms with Gasteiger partial charge in [-0.1, -0.05) is 42.5 Å². The van der Waals surface area contributed by atoms with E-state index in [1.807, 2.05) is 6.07 Å². The molecular weight excluding hydrogens is 437 g/mol. The second-order valence-electron chi connectivity index (χ2n) is 7.07. The molecule has 0 amide bonds. The number of rotatable bonds is 10. The third-order valence-electron chi connectivity index (χ3n) is 5.00. The second-order valence-corrected chi connectivity index (χ2v) is 7.07. The molecule has 0 fully saturated rings. The highest BCUT2D eigenvalue weighted by molar-refractivity contribution is 6.04. The van der Waals surface area contributed by atoms with Crippen molar-refractivity contribution in [1.82, 2.24) is 0 Å². The Balaban J connectivity index is 1.91. The molecule has 1 N–H and O–H groups in total. The van der Waals surface area contributed by atoms with Crippen LogP contribution in [0.1, 0.15) is 21.5 Å². The van der Waals surface area contributed by atoms with Crippen molar-refractivity contribution in [3.05, 3.63) is 89.4 Å². The monoisotopic (exact) mass is 463 g/mol. The Kier molecular flexibility index (Phi) is 8.29. The van der Waals surface area contributed by atoms with Crippen LogP contribution in [-0.2, 0) is 0 Å². The van der Waals surface area contributed by atoms with Crippen LogP contribution in [-0.4, -0.2) is 34.2 Å². The van der Waals surface area contributed by atoms with Crippen molar-refractivity contribution in [1.29, 1.82) is 0 Å². The SMILES string of the molecule is COc1cc(NC=CC(=O)c2ccccc2)c(C=Cc2cc(OC)c(OC)c(OC)c2)cc1F. The van der Waals surface area contributed by atoms with Gasteiger partial charge in [-0.2, -0.15) is 0 Å². The molecule has 0 unspecified atom stereocenters. The first-order valence-corrected chi connectivity index (χ1v) is 10.4. The first-order valence-electron chi connectivity index (χ1n) is 10.4. The summed E-state index contributed by atoms with van der Waals surface area (Å²) in [5, 5.41) is 3.05. The second kappa shape index (κ2) is 11.6.